The molecule has 22 heavy (non-hydrogen) atoms. The molecular weight excluding hydrogens is 274 g/mol. The molecule has 0 saturated heterocycles. The molecule has 4 heteroatoms. The topological polar surface area (TPSA) is 54.0 Å². The lowest BCUT2D eigenvalue weighted by atomic mass is 10.1. The molecule has 0 bridgehead atoms. The van der Waals surface area contributed by atoms with Gasteiger partial charge >= 0.3 is 6.03 Å². The van der Waals surface area contributed by atoms with Gasteiger partial charge in [0.1, 0.15) is 0 Å². The normalized spacial score (nSPS) is 10.4. The van der Waals surface area contributed by atoms with Crippen LogP contribution in [0.3, 0.4) is 0 Å². The van der Waals surface area contributed by atoms with E-state index < -0.39 is 0 Å². The molecule has 1 heterocycles. The van der Waals surface area contributed by atoms with Gasteiger partial charge in [0, 0.05) is 25.5 Å². The van der Waals surface area contributed by atoms with E-state index >= 15 is 0 Å². The molecule has 0 saturated carbocycles. The number of urea groups is 1. The molecule has 0 aliphatic rings. The van der Waals surface area contributed by atoms with E-state index in [-0.39, 0.29) is 6.03 Å². The van der Waals surface area contributed by atoms with Crippen LogP contribution in [0.5, 0.6) is 0 Å². The van der Waals surface area contributed by atoms with E-state index in [2.05, 4.69) is 22.5 Å². The van der Waals surface area contributed by atoms with Crippen molar-refractivity contribution in [1.82, 2.24) is 15.6 Å². The van der Waals surface area contributed by atoms with E-state index in [0.717, 1.165) is 18.5 Å². The molecule has 1 rings (SSSR count). The summed E-state index contributed by atoms with van der Waals surface area (Å²) < 4.78 is 0. The van der Waals surface area contributed by atoms with Gasteiger partial charge in [-0.3, -0.25) is 4.98 Å². The second kappa shape index (κ2) is 13.1. The first-order chi connectivity index (χ1) is 10.8. The molecule has 2 N–H and O–H groups in total. The zero-order valence-electron chi connectivity index (χ0n) is 13.9. The average Bonchev–Trinajstić information content (AvgIpc) is 2.55. The summed E-state index contributed by atoms with van der Waals surface area (Å²) in [5.74, 6) is 0. The third kappa shape index (κ3) is 10.2. The molecule has 0 unspecified atom stereocenters. The summed E-state index contributed by atoms with van der Waals surface area (Å²) in [6, 6.07) is 3.73. The zero-order valence-corrected chi connectivity index (χ0v) is 13.9. The molecule has 4 nitrogen and oxygen atoms in total. The number of amides is 2. The number of nitrogens with zero attached hydrogens (tertiary/aromatic N) is 1. The molecule has 0 aliphatic heterocycles. The van der Waals surface area contributed by atoms with Crippen molar-refractivity contribution in [2.24, 2.45) is 0 Å². The number of hydrogen-bond acceptors (Lipinski definition) is 2. The summed E-state index contributed by atoms with van der Waals surface area (Å²) in [7, 11) is 0. The first kappa shape index (κ1) is 18.5. The molecule has 1 aromatic heterocycles. The maximum Gasteiger partial charge on any atom is 0.315 e. The average molecular weight is 305 g/mol. The minimum atomic E-state index is -0.0941. The Morgan fingerprint density at radius 2 is 1.68 bits per heavy atom. The van der Waals surface area contributed by atoms with E-state index in [0.29, 0.717) is 6.54 Å². The second-order valence-electron chi connectivity index (χ2n) is 5.80. The third-order valence-corrected chi connectivity index (χ3v) is 3.74. The van der Waals surface area contributed by atoms with Gasteiger partial charge in [0.05, 0.1) is 0 Å². The standard InChI is InChI=1S/C18H31N3O/c1-2-3-4-5-6-7-8-9-10-14-20-18(22)21-16-17-12-11-13-19-15-17/h11-13,15H,2-10,14,16H2,1H3,(H2,20,21,22). The molecular formula is C18H31N3O. The lowest BCUT2D eigenvalue weighted by Gasteiger charge is -2.07. The van der Waals surface area contributed by atoms with Crippen LogP contribution in [0.4, 0.5) is 4.79 Å². The van der Waals surface area contributed by atoms with Crippen LogP contribution in [0.15, 0.2) is 24.5 Å². The van der Waals surface area contributed by atoms with E-state index in [1.807, 2.05) is 12.1 Å². The van der Waals surface area contributed by atoms with Crippen molar-refractivity contribution >= 4 is 6.03 Å². The van der Waals surface area contributed by atoms with Crippen LogP contribution in [0, 0.1) is 0 Å². The SMILES string of the molecule is CCCCCCCCCCCNC(=O)NCc1cccnc1. The number of carbonyl (C=O) groups is 1. The number of aromatic nitrogens is 1. The highest BCUT2D eigenvalue weighted by Gasteiger charge is 1.99. The van der Waals surface area contributed by atoms with Crippen molar-refractivity contribution in [2.45, 2.75) is 71.3 Å². The molecule has 0 aromatic carbocycles. The number of rotatable bonds is 12. The summed E-state index contributed by atoms with van der Waals surface area (Å²) in [5.41, 5.74) is 1.01. The van der Waals surface area contributed by atoms with E-state index in [1.54, 1.807) is 12.4 Å². The van der Waals surface area contributed by atoms with Crippen molar-refractivity contribution in [3.05, 3.63) is 30.1 Å². The van der Waals surface area contributed by atoms with E-state index in [1.165, 1.54) is 51.4 Å². The first-order valence-corrected chi connectivity index (χ1v) is 8.73. The maximum absolute atomic E-state index is 11.6. The number of unbranched alkanes of at least 4 members (excludes halogenated alkanes) is 8. The summed E-state index contributed by atoms with van der Waals surface area (Å²) >= 11 is 0. The third-order valence-electron chi connectivity index (χ3n) is 3.74. The number of pyridine rings is 1. The fourth-order valence-electron chi connectivity index (χ4n) is 2.39. The molecule has 0 aliphatic carbocycles. The minimum absolute atomic E-state index is 0.0941. The molecule has 0 atom stereocenters. The molecule has 0 radical (unpaired) electrons. The fraction of sp³-hybridized carbons (Fsp3) is 0.667. The lowest BCUT2D eigenvalue weighted by Crippen LogP contribution is -2.35. The predicted molar refractivity (Wildman–Crippen MR) is 91.7 cm³/mol. The van der Waals surface area contributed by atoms with Crippen molar-refractivity contribution in [3.63, 3.8) is 0 Å². The highest BCUT2D eigenvalue weighted by atomic mass is 16.2. The van der Waals surface area contributed by atoms with Crippen LogP contribution in [0.1, 0.15) is 70.3 Å². The van der Waals surface area contributed by atoms with Crippen molar-refractivity contribution in [1.29, 1.82) is 0 Å². The second-order valence-corrected chi connectivity index (χ2v) is 5.80. The maximum atomic E-state index is 11.6. The van der Waals surface area contributed by atoms with Gasteiger partial charge in [0.15, 0.2) is 0 Å². The first-order valence-electron chi connectivity index (χ1n) is 8.73. The lowest BCUT2D eigenvalue weighted by molar-refractivity contribution is 0.240. The van der Waals surface area contributed by atoms with E-state index in [4.69, 9.17) is 0 Å². The van der Waals surface area contributed by atoms with Crippen LogP contribution in [-0.2, 0) is 6.54 Å². The van der Waals surface area contributed by atoms with Crippen molar-refractivity contribution < 1.29 is 4.79 Å². The van der Waals surface area contributed by atoms with Gasteiger partial charge in [0.25, 0.3) is 0 Å². The Bertz CT molecular complexity index is 381. The molecule has 1 aromatic rings. The fourth-order valence-corrected chi connectivity index (χ4v) is 2.39. The van der Waals surface area contributed by atoms with Crippen LogP contribution in [0.25, 0.3) is 0 Å². The Morgan fingerprint density at radius 3 is 2.32 bits per heavy atom. The Balaban J connectivity index is 1.87. The number of nitrogens with one attached hydrogen (secondary N) is 2. The monoisotopic (exact) mass is 305 g/mol. The zero-order chi connectivity index (χ0) is 15.9. The quantitative estimate of drug-likeness (QED) is 0.562. The summed E-state index contributed by atoms with van der Waals surface area (Å²) in [4.78, 5) is 15.6. The number of hydrogen-bond donors (Lipinski definition) is 2. The van der Waals surface area contributed by atoms with Gasteiger partial charge in [-0.25, -0.2) is 4.79 Å². The summed E-state index contributed by atoms with van der Waals surface area (Å²) in [5, 5.41) is 5.74. The van der Waals surface area contributed by atoms with Gasteiger partial charge in [0.2, 0.25) is 0 Å². The van der Waals surface area contributed by atoms with Gasteiger partial charge in [-0.1, -0.05) is 64.4 Å². The van der Waals surface area contributed by atoms with E-state index in [9.17, 15) is 4.79 Å². The van der Waals surface area contributed by atoms with Crippen molar-refractivity contribution in [3.8, 4) is 0 Å². The van der Waals surface area contributed by atoms with Gasteiger partial charge in [-0.2, -0.15) is 0 Å². The largest absolute Gasteiger partial charge is 0.338 e. The van der Waals surface area contributed by atoms with Crippen LogP contribution < -0.4 is 10.6 Å². The Morgan fingerprint density at radius 1 is 1.00 bits per heavy atom. The van der Waals surface area contributed by atoms with Gasteiger partial charge in [-0.15, -0.1) is 0 Å². The summed E-state index contributed by atoms with van der Waals surface area (Å²) in [6.45, 7) is 3.53. The minimum Gasteiger partial charge on any atom is -0.338 e. The molecule has 2 amide bonds. The van der Waals surface area contributed by atoms with Crippen LogP contribution in [-0.4, -0.2) is 17.6 Å². The number of carbonyl (C=O) groups excluding carboxylic acids is 1. The highest BCUT2D eigenvalue weighted by molar-refractivity contribution is 5.73. The Hall–Kier alpha value is -1.58. The smallest absolute Gasteiger partial charge is 0.315 e. The molecule has 0 spiro atoms. The summed E-state index contributed by atoms with van der Waals surface area (Å²) in [6.07, 6.45) is 15.2. The van der Waals surface area contributed by atoms with Crippen molar-refractivity contribution in [2.75, 3.05) is 6.54 Å². The predicted octanol–water partition coefficient (Wildman–Crippen LogP) is 4.41. The van der Waals surface area contributed by atoms with Crippen LogP contribution in [0.2, 0.25) is 0 Å². The molecule has 124 valence electrons. The highest BCUT2D eigenvalue weighted by Crippen LogP contribution is 2.09. The van der Waals surface area contributed by atoms with Gasteiger partial charge in [-0.05, 0) is 18.1 Å². The van der Waals surface area contributed by atoms with Gasteiger partial charge < -0.3 is 10.6 Å². The molecule has 0 fully saturated rings. The Kier molecular flexibility index (Phi) is 11.0. The van der Waals surface area contributed by atoms with Crippen LogP contribution >= 0.6 is 0 Å². The Labute approximate surface area is 135 Å².